The van der Waals surface area contributed by atoms with Crippen molar-refractivity contribution in [2.45, 2.75) is 19.5 Å². The van der Waals surface area contributed by atoms with E-state index in [-0.39, 0.29) is 0 Å². The molecule has 0 unspecified atom stereocenters. The number of hydrogen-bond acceptors (Lipinski definition) is 1. The van der Waals surface area contributed by atoms with Crippen molar-refractivity contribution in [3.05, 3.63) is 23.5 Å². The number of nitrogens with one attached hydrogen (secondary N) is 1. The van der Waals surface area contributed by atoms with Crippen LogP contribution in [0.2, 0.25) is 0 Å². The second kappa shape index (κ2) is 3.24. The number of H-pyrrole nitrogens is 1. The normalized spacial score (nSPS) is 11.7. The second-order valence-electron chi connectivity index (χ2n) is 2.58. The summed E-state index contributed by atoms with van der Waals surface area (Å²) in [5.74, 6) is -1.83. The Hall–Kier alpha value is -1.26. The molecule has 1 rings (SSSR count). The Bertz CT molecular complexity index is 313. The molecule has 0 radical (unpaired) electrons. The highest BCUT2D eigenvalue weighted by molar-refractivity contribution is 5.98. The van der Waals surface area contributed by atoms with Crippen LogP contribution in [0.5, 0.6) is 0 Å². The van der Waals surface area contributed by atoms with E-state index in [4.69, 9.17) is 0 Å². The molecule has 2 nitrogen and oxygen atoms in total. The predicted molar refractivity (Wildman–Crippen MR) is 40.6 cm³/mol. The lowest BCUT2D eigenvalue weighted by Crippen LogP contribution is -2.23. The van der Waals surface area contributed by atoms with E-state index >= 15 is 0 Å². The minimum Gasteiger partial charge on any atom is -0.356 e. The third-order valence-electron chi connectivity index (χ3n) is 1.63. The van der Waals surface area contributed by atoms with Gasteiger partial charge in [0.1, 0.15) is 0 Å². The van der Waals surface area contributed by atoms with Gasteiger partial charge in [0, 0.05) is 5.69 Å². The van der Waals surface area contributed by atoms with E-state index in [0.717, 1.165) is 6.07 Å². The summed E-state index contributed by atoms with van der Waals surface area (Å²) in [6.45, 7) is 1.79. The monoisotopic (exact) mass is 191 g/mol. The maximum atomic E-state index is 11.9. The summed E-state index contributed by atoms with van der Waals surface area (Å²) in [4.78, 5) is 13.0. The molecule has 0 saturated carbocycles. The van der Waals surface area contributed by atoms with E-state index in [1.165, 1.54) is 6.07 Å². The Balaban J connectivity index is 2.90. The first-order valence-corrected chi connectivity index (χ1v) is 3.74. The van der Waals surface area contributed by atoms with Crippen molar-refractivity contribution in [2.75, 3.05) is 0 Å². The molecule has 0 bridgehead atoms. The van der Waals surface area contributed by atoms with E-state index in [0.29, 0.717) is 12.1 Å². The van der Waals surface area contributed by atoms with Gasteiger partial charge < -0.3 is 4.98 Å². The fourth-order valence-electron chi connectivity index (χ4n) is 0.932. The Kier molecular flexibility index (Phi) is 2.45. The highest BCUT2D eigenvalue weighted by atomic mass is 19.4. The number of aromatic nitrogens is 1. The molecule has 0 saturated heterocycles. The van der Waals surface area contributed by atoms with Crippen LogP contribution in [-0.4, -0.2) is 16.9 Å². The lowest BCUT2D eigenvalue weighted by Gasteiger charge is -2.01. The molecule has 0 atom stereocenters. The van der Waals surface area contributed by atoms with Gasteiger partial charge in [-0.1, -0.05) is 6.92 Å². The van der Waals surface area contributed by atoms with Gasteiger partial charge in [-0.2, -0.15) is 13.2 Å². The number of halogens is 3. The van der Waals surface area contributed by atoms with Gasteiger partial charge in [-0.25, -0.2) is 0 Å². The van der Waals surface area contributed by atoms with E-state index in [1.807, 2.05) is 0 Å². The molecular formula is C8H8F3NO. The molecule has 0 aliphatic rings. The lowest BCUT2D eigenvalue weighted by atomic mass is 10.3. The van der Waals surface area contributed by atoms with Crippen molar-refractivity contribution in [1.82, 2.24) is 4.98 Å². The molecule has 1 aromatic rings. The van der Waals surface area contributed by atoms with Crippen LogP contribution in [0.4, 0.5) is 13.2 Å². The first kappa shape index (κ1) is 9.83. The predicted octanol–water partition coefficient (Wildman–Crippen LogP) is 2.32. The summed E-state index contributed by atoms with van der Waals surface area (Å²) < 4.78 is 35.6. The van der Waals surface area contributed by atoms with Crippen LogP contribution in [0.15, 0.2) is 12.1 Å². The SMILES string of the molecule is CCc1ccc(C(=O)C(F)(F)F)[nH]1. The fourth-order valence-corrected chi connectivity index (χ4v) is 0.932. The molecule has 72 valence electrons. The van der Waals surface area contributed by atoms with Crippen molar-refractivity contribution < 1.29 is 18.0 Å². The average molecular weight is 191 g/mol. The van der Waals surface area contributed by atoms with E-state index < -0.39 is 17.7 Å². The van der Waals surface area contributed by atoms with E-state index in [9.17, 15) is 18.0 Å². The van der Waals surface area contributed by atoms with Gasteiger partial charge in [-0.3, -0.25) is 4.79 Å². The van der Waals surface area contributed by atoms with Crippen LogP contribution in [0, 0.1) is 0 Å². The zero-order chi connectivity index (χ0) is 10.1. The standard InChI is InChI=1S/C8H8F3NO/c1-2-5-3-4-6(12-5)7(13)8(9,10)11/h3-4,12H,2H2,1H3. The maximum absolute atomic E-state index is 11.9. The number of carbonyl (C=O) groups excluding carboxylic acids is 1. The van der Waals surface area contributed by atoms with Crippen LogP contribution in [0.3, 0.4) is 0 Å². The van der Waals surface area contributed by atoms with Crippen molar-refractivity contribution in [3.63, 3.8) is 0 Å². The quantitative estimate of drug-likeness (QED) is 0.715. The Morgan fingerprint density at radius 3 is 2.46 bits per heavy atom. The molecular weight excluding hydrogens is 183 g/mol. The van der Waals surface area contributed by atoms with Gasteiger partial charge in [-0.05, 0) is 18.6 Å². The molecule has 0 aliphatic heterocycles. The number of hydrogen-bond donors (Lipinski definition) is 1. The molecule has 13 heavy (non-hydrogen) atoms. The van der Waals surface area contributed by atoms with Gasteiger partial charge >= 0.3 is 6.18 Å². The molecule has 0 amide bonds. The highest BCUT2D eigenvalue weighted by Gasteiger charge is 2.39. The summed E-state index contributed by atoms with van der Waals surface area (Å²) in [5.41, 5.74) is 0.219. The van der Waals surface area contributed by atoms with Crippen molar-refractivity contribution in [2.24, 2.45) is 0 Å². The molecule has 0 aromatic carbocycles. The maximum Gasteiger partial charge on any atom is 0.456 e. The Labute approximate surface area is 72.8 Å². The molecule has 0 fully saturated rings. The second-order valence-corrected chi connectivity index (χ2v) is 2.58. The van der Waals surface area contributed by atoms with Gasteiger partial charge in [0.25, 0.3) is 5.78 Å². The Morgan fingerprint density at radius 1 is 1.46 bits per heavy atom. The smallest absolute Gasteiger partial charge is 0.356 e. The van der Waals surface area contributed by atoms with Crippen molar-refractivity contribution >= 4 is 5.78 Å². The first-order valence-electron chi connectivity index (χ1n) is 3.74. The Morgan fingerprint density at radius 2 is 2.08 bits per heavy atom. The first-order chi connectivity index (χ1) is 5.95. The third kappa shape index (κ3) is 2.11. The van der Waals surface area contributed by atoms with E-state index in [1.54, 1.807) is 6.92 Å². The molecule has 0 spiro atoms. The van der Waals surface area contributed by atoms with Crippen molar-refractivity contribution in [1.29, 1.82) is 0 Å². The average Bonchev–Trinajstić information content (AvgIpc) is 2.48. The number of alkyl halides is 3. The molecule has 0 aliphatic carbocycles. The van der Waals surface area contributed by atoms with Crippen LogP contribution in [-0.2, 0) is 6.42 Å². The molecule has 5 heteroatoms. The summed E-state index contributed by atoms with van der Waals surface area (Å²) in [6, 6.07) is 2.62. The minimum atomic E-state index is -4.80. The van der Waals surface area contributed by atoms with Gasteiger partial charge in [0.15, 0.2) is 0 Å². The number of aryl methyl sites for hydroxylation is 1. The molecule has 1 aromatic heterocycles. The third-order valence-corrected chi connectivity index (χ3v) is 1.63. The topological polar surface area (TPSA) is 32.9 Å². The minimum absolute atomic E-state index is 0.399. The summed E-state index contributed by atoms with van der Waals surface area (Å²) in [6.07, 6.45) is -4.22. The largest absolute Gasteiger partial charge is 0.456 e. The number of ketones is 1. The van der Waals surface area contributed by atoms with Gasteiger partial charge in [-0.15, -0.1) is 0 Å². The van der Waals surface area contributed by atoms with Crippen LogP contribution in [0.25, 0.3) is 0 Å². The zero-order valence-corrected chi connectivity index (χ0v) is 6.90. The molecule has 1 N–H and O–H groups in total. The number of carbonyl (C=O) groups is 1. The number of aromatic amines is 1. The number of Topliss-reactive ketones (excluding diaryl/α,β-unsaturated/α-hetero) is 1. The van der Waals surface area contributed by atoms with Gasteiger partial charge in [0.05, 0.1) is 5.69 Å². The zero-order valence-electron chi connectivity index (χ0n) is 6.90. The summed E-state index contributed by atoms with van der Waals surface area (Å²) in [5, 5.41) is 0. The highest BCUT2D eigenvalue weighted by Crippen LogP contribution is 2.20. The summed E-state index contributed by atoms with van der Waals surface area (Å²) >= 11 is 0. The van der Waals surface area contributed by atoms with Crippen LogP contribution >= 0.6 is 0 Å². The molecule has 1 heterocycles. The lowest BCUT2D eigenvalue weighted by molar-refractivity contribution is -0.0888. The van der Waals surface area contributed by atoms with Crippen LogP contribution in [0.1, 0.15) is 23.1 Å². The van der Waals surface area contributed by atoms with Crippen molar-refractivity contribution in [3.8, 4) is 0 Å². The number of rotatable bonds is 2. The summed E-state index contributed by atoms with van der Waals surface area (Å²) in [7, 11) is 0. The van der Waals surface area contributed by atoms with Gasteiger partial charge in [0.2, 0.25) is 0 Å². The van der Waals surface area contributed by atoms with Crippen LogP contribution < -0.4 is 0 Å². The van der Waals surface area contributed by atoms with E-state index in [2.05, 4.69) is 4.98 Å². The fraction of sp³-hybridized carbons (Fsp3) is 0.375.